The largest absolute Gasteiger partial charge is 0.492 e. The van der Waals surface area contributed by atoms with E-state index >= 15 is 0 Å². The smallest absolute Gasteiger partial charge is 0.251 e. The van der Waals surface area contributed by atoms with Crippen LogP contribution in [0, 0.1) is 0 Å². The van der Waals surface area contributed by atoms with Gasteiger partial charge in [-0.15, -0.1) is 0 Å². The van der Waals surface area contributed by atoms with Crippen LogP contribution in [-0.2, 0) is 9.84 Å². The van der Waals surface area contributed by atoms with Crippen LogP contribution in [0.25, 0.3) is 0 Å². The third kappa shape index (κ3) is 3.41. The molecule has 1 aliphatic heterocycles. The first kappa shape index (κ1) is 14.6. The number of anilines is 1. The molecule has 1 saturated heterocycles. The number of sulfone groups is 1. The molecule has 0 aliphatic carbocycles. The van der Waals surface area contributed by atoms with Crippen molar-refractivity contribution < 1.29 is 17.9 Å². The fraction of sp³-hybridized carbons (Fsp3) is 0.462. The SMILES string of the molecule is CCOc1ccc(C(=O)NC2CCS(=O)(=O)C2)cc1N. The summed E-state index contributed by atoms with van der Waals surface area (Å²) in [5, 5.41) is 2.71. The minimum Gasteiger partial charge on any atom is -0.492 e. The number of carbonyl (C=O) groups is 1. The number of rotatable bonds is 4. The topological polar surface area (TPSA) is 98.5 Å². The van der Waals surface area contributed by atoms with E-state index < -0.39 is 9.84 Å². The molecule has 1 aromatic rings. The van der Waals surface area contributed by atoms with Gasteiger partial charge in [0.05, 0.1) is 23.8 Å². The van der Waals surface area contributed by atoms with E-state index in [0.29, 0.717) is 30.0 Å². The zero-order chi connectivity index (χ0) is 14.8. The molecule has 1 atom stereocenters. The molecule has 110 valence electrons. The van der Waals surface area contributed by atoms with Gasteiger partial charge in [0.15, 0.2) is 9.84 Å². The highest BCUT2D eigenvalue weighted by Gasteiger charge is 2.29. The number of nitrogens with two attached hydrogens (primary N) is 1. The number of hydrogen-bond donors (Lipinski definition) is 2. The average molecular weight is 298 g/mol. The Labute approximate surface area is 118 Å². The van der Waals surface area contributed by atoms with Crippen molar-refractivity contribution in [2.24, 2.45) is 0 Å². The summed E-state index contributed by atoms with van der Waals surface area (Å²) < 4.78 is 28.0. The zero-order valence-corrected chi connectivity index (χ0v) is 12.1. The highest BCUT2D eigenvalue weighted by molar-refractivity contribution is 7.91. The number of ether oxygens (including phenoxy) is 1. The third-order valence-electron chi connectivity index (χ3n) is 3.14. The molecule has 1 fully saturated rings. The van der Waals surface area contributed by atoms with Gasteiger partial charge in [0.25, 0.3) is 5.91 Å². The monoisotopic (exact) mass is 298 g/mol. The van der Waals surface area contributed by atoms with E-state index in [9.17, 15) is 13.2 Å². The summed E-state index contributed by atoms with van der Waals surface area (Å²) in [6, 6.07) is 4.46. The van der Waals surface area contributed by atoms with Gasteiger partial charge in [0.1, 0.15) is 5.75 Å². The number of amides is 1. The Kier molecular flexibility index (Phi) is 4.17. The van der Waals surface area contributed by atoms with Gasteiger partial charge in [-0.3, -0.25) is 4.79 Å². The molecule has 0 radical (unpaired) electrons. The second-order valence-corrected chi connectivity index (χ2v) is 6.99. The van der Waals surface area contributed by atoms with E-state index in [-0.39, 0.29) is 23.5 Å². The summed E-state index contributed by atoms with van der Waals surface area (Å²) in [4.78, 5) is 12.0. The number of benzene rings is 1. The number of nitrogen functional groups attached to an aromatic ring is 1. The molecule has 20 heavy (non-hydrogen) atoms. The van der Waals surface area contributed by atoms with E-state index in [1.807, 2.05) is 6.92 Å². The Balaban J connectivity index is 2.04. The van der Waals surface area contributed by atoms with Crippen LogP contribution in [0.2, 0.25) is 0 Å². The van der Waals surface area contributed by atoms with Gasteiger partial charge < -0.3 is 15.8 Å². The molecular weight excluding hydrogens is 280 g/mol. The molecule has 0 spiro atoms. The molecule has 1 amide bonds. The van der Waals surface area contributed by atoms with Crippen LogP contribution < -0.4 is 15.8 Å². The number of nitrogens with one attached hydrogen (secondary N) is 1. The predicted molar refractivity (Wildman–Crippen MR) is 76.5 cm³/mol. The van der Waals surface area contributed by atoms with Crippen LogP contribution in [0.4, 0.5) is 5.69 Å². The summed E-state index contributed by atoms with van der Waals surface area (Å²) in [7, 11) is -3.00. The molecule has 6 nitrogen and oxygen atoms in total. The van der Waals surface area contributed by atoms with Crippen LogP contribution in [0.3, 0.4) is 0 Å². The van der Waals surface area contributed by atoms with Gasteiger partial charge in [-0.1, -0.05) is 0 Å². The lowest BCUT2D eigenvalue weighted by molar-refractivity contribution is 0.0941. The Morgan fingerprint density at radius 2 is 2.25 bits per heavy atom. The Bertz CT molecular complexity index is 613. The molecule has 1 unspecified atom stereocenters. The molecule has 0 aromatic heterocycles. The van der Waals surface area contributed by atoms with Crippen molar-refractivity contribution in [2.75, 3.05) is 23.8 Å². The zero-order valence-electron chi connectivity index (χ0n) is 11.3. The molecule has 1 aromatic carbocycles. The Hall–Kier alpha value is -1.76. The summed E-state index contributed by atoms with van der Waals surface area (Å²) in [6.07, 6.45) is 0.459. The second kappa shape index (κ2) is 5.70. The maximum absolute atomic E-state index is 12.0. The van der Waals surface area contributed by atoms with Crippen molar-refractivity contribution in [3.63, 3.8) is 0 Å². The normalized spacial score (nSPS) is 20.6. The highest BCUT2D eigenvalue weighted by atomic mass is 32.2. The maximum Gasteiger partial charge on any atom is 0.251 e. The van der Waals surface area contributed by atoms with Gasteiger partial charge in [-0.05, 0) is 31.5 Å². The van der Waals surface area contributed by atoms with E-state index in [0.717, 1.165) is 0 Å². The lowest BCUT2D eigenvalue weighted by Crippen LogP contribution is -2.35. The molecule has 1 aliphatic rings. The quantitative estimate of drug-likeness (QED) is 0.792. The van der Waals surface area contributed by atoms with E-state index in [2.05, 4.69) is 5.32 Å². The van der Waals surface area contributed by atoms with Gasteiger partial charge >= 0.3 is 0 Å². The summed E-state index contributed by atoms with van der Waals surface area (Å²) in [5.74, 6) is 0.351. The van der Waals surface area contributed by atoms with E-state index in [4.69, 9.17) is 10.5 Å². The van der Waals surface area contributed by atoms with Crippen molar-refractivity contribution in [3.8, 4) is 5.75 Å². The van der Waals surface area contributed by atoms with Crippen LogP contribution in [0.15, 0.2) is 18.2 Å². The van der Waals surface area contributed by atoms with Gasteiger partial charge in [-0.25, -0.2) is 8.42 Å². The van der Waals surface area contributed by atoms with Crippen LogP contribution >= 0.6 is 0 Å². The number of carbonyl (C=O) groups excluding carboxylic acids is 1. The molecule has 3 N–H and O–H groups in total. The van der Waals surface area contributed by atoms with E-state index in [1.165, 1.54) is 6.07 Å². The minimum absolute atomic E-state index is 0.00521. The first-order chi connectivity index (χ1) is 9.41. The first-order valence-electron chi connectivity index (χ1n) is 6.45. The highest BCUT2D eigenvalue weighted by Crippen LogP contribution is 2.22. The summed E-state index contributed by atoms with van der Waals surface area (Å²) in [5.41, 5.74) is 6.58. The Morgan fingerprint density at radius 1 is 1.50 bits per heavy atom. The second-order valence-electron chi connectivity index (χ2n) is 4.76. The molecule has 0 saturated carbocycles. The maximum atomic E-state index is 12.0. The lowest BCUT2D eigenvalue weighted by Gasteiger charge is -2.12. The fourth-order valence-electron chi connectivity index (χ4n) is 2.15. The van der Waals surface area contributed by atoms with Gasteiger partial charge in [-0.2, -0.15) is 0 Å². The third-order valence-corrected chi connectivity index (χ3v) is 4.91. The standard InChI is InChI=1S/C13H18N2O4S/c1-2-19-12-4-3-9(7-11(12)14)13(16)15-10-5-6-20(17,18)8-10/h3-4,7,10H,2,5-6,8,14H2,1H3,(H,15,16). The van der Waals surface area contributed by atoms with Gasteiger partial charge in [0, 0.05) is 11.6 Å². The first-order valence-corrected chi connectivity index (χ1v) is 8.27. The van der Waals surface area contributed by atoms with Crippen molar-refractivity contribution in [3.05, 3.63) is 23.8 Å². The van der Waals surface area contributed by atoms with Crippen LogP contribution in [0.5, 0.6) is 5.75 Å². The predicted octanol–water partition coefficient (Wildman–Crippen LogP) is 0.584. The lowest BCUT2D eigenvalue weighted by atomic mass is 10.1. The van der Waals surface area contributed by atoms with Crippen LogP contribution in [0.1, 0.15) is 23.7 Å². The number of hydrogen-bond acceptors (Lipinski definition) is 5. The molecule has 0 bridgehead atoms. The van der Waals surface area contributed by atoms with Gasteiger partial charge in [0.2, 0.25) is 0 Å². The van der Waals surface area contributed by atoms with Crippen molar-refractivity contribution in [1.82, 2.24) is 5.32 Å². The summed E-state index contributed by atoms with van der Waals surface area (Å²) >= 11 is 0. The van der Waals surface area contributed by atoms with Crippen molar-refractivity contribution in [1.29, 1.82) is 0 Å². The Morgan fingerprint density at radius 3 is 2.80 bits per heavy atom. The van der Waals surface area contributed by atoms with E-state index in [1.54, 1.807) is 12.1 Å². The van der Waals surface area contributed by atoms with Crippen LogP contribution in [-0.4, -0.2) is 38.5 Å². The average Bonchev–Trinajstić information content (AvgIpc) is 2.71. The van der Waals surface area contributed by atoms with Crippen molar-refractivity contribution in [2.45, 2.75) is 19.4 Å². The molecule has 7 heteroatoms. The molecular formula is C13H18N2O4S. The summed E-state index contributed by atoms with van der Waals surface area (Å²) in [6.45, 7) is 2.34. The minimum atomic E-state index is -3.00. The molecule has 1 heterocycles. The fourth-order valence-corrected chi connectivity index (χ4v) is 3.83. The van der Waals surface area contributed by atoms with Crippen molar-refractivity contribution >= 4 is 21.4 Å². The molecule has 2 rings (SSSR count).